The van der Waals surface area contributed by atoms with Gasteiger partial charge in [-0.2, -0.15) is 0 Å². The van der Waals surface area contributed by atoms with E-state index >= 15 is 0 Å². The fourth-order valence-corrected chi connectivity index (χ4v) is 3.59. The SMILES string of the molecule is O=C(O)C1CC(=O)N(Cc2cc(Cl)ccc2OCCN2CCCC2)C1. The Hall–Kier alpha value is -1.79. The summed E-state index contributed by atoms with van der Waals surface area (Å²) in [6.07, 6.45) is 2.54. The van der Waals surface area contributed by atoms with Crippen LogP contribution in [0.3, 0.4) is 0 Å². The maximum absolute atomic E-state index is 12.1. The van der Waals surface area contributed by atoms with Crippen molar-refractivity contribution in [2.45, 2.75) is 25.8 Å². The molecular weight excluding hydrogens is 344 g/mol. The van der Waals surface area contributed by atoms with Crippen LogP contribution in [-0.4, -0.2) is 59.6 Å². The zero-order valence-electron chi connectivity index (χ0n) is 14.1. The second-order valence-corrected chi connectivity index (χ2v) is 7.10. The summed E-state index contributed by atoms with van der Waals surface area (Å²) in [6, 6.07) is 5.37. The highest BCUT2D eigenvalue weighted by Crippen LogP contribution is 2.27. The Morgan fingerprint density at radius 1 is 1.32 bits per heavy atom. The van der Waals surface area contributed by atoms with E-state index in [4.69, 9.17) is 21.4 Å². The van der Waals surface area contributed by atoms with Crippen molar-refractivity contribution in [2.75, 3.05) is 32.8 Å². The number of carboxylic acids is 1. The summed E-state index contributed by atoms with van der Waals surface area (Å²) in [6.45, 7) is 4.26. The second kappa shape index (κ2) is 8.06. The van der Waals surface area contributed by atoms with Gasteiger partial charge in [0.15, 0.2) is 0 Å². The van der Waals surface area contributed by atoms with E-state index in [0.29, 0.717) is 23.9 Å². The third-order valence-electron chi connectivity index (χ3n) is 4.81. The third-order valence-corrected chi connectivity index (χ3v) is 5.05. The number of carbonyl (C=O) groups is 2. The van der Waals surface area contributed by atoms with E-state index in [1.54, 1.807) is 17.0 Å². The summed E-state index contributed by atoms with van der Waals surface area (Å²) < 4.78 is 5.92. The Morgan fingerprint density at radius 2 is 2.08 bits per heavy atom. The zero-order chi connectivity index (χ0) is 17.8. The first-order valence-electron chi connectivity index (χ1n) is 8.67. The topological polar surface area (TPSA) is 70.1 Å². The number of rotatable bonds is 7. The van der Waals surface area contributed by atoms with E-state index in [1.165, 1.54) is 12.8 Å². The molecule has 3 rings (SSSR count). The van der Waals surface area contributed by atoms with Gasteiger partial charge < -0.3 is 14.7 Å². The van der Waals surface area contributed by atoms with Crippen LogP contribution in [0.2, 0.25) is 5.02 Å². The van der Waals surface area contributed by atoms with Gasteiger partial charge in [-0.15, -0.1) is 0 Å². The molecule has 0 aromatic heterocycles. The molecule has 0 bridgehead atoms. The van der Waals surface area contributed by atoms with Crippen LogP contribution in [0.25, 0.3) is 0 Å². The van der Waals surface area contributed by atoms with Crippen molar-refractivity contribution >= 4 is 23.5 Å². The number of carboxylic acid groups (broad SMARTS) is 1. The third kappa shape index (κ3) is 4.64. The molecule has 6 nitrogen and oxygen atoms in total. The Bertz CT molecular complexity index is 646. The molecule has 7 heteroatoms. The molecule has 1 atom stereocenters. The number of benzene rings is 1. The summed E-state index contributed by atoms with van der Waals surface area (Å²) in [5.41, 5.74) is 0.813. The van der Waals surface area contributed by atoms with Crippen molar-refractivity contribution in [3.8, 4) is 5.75 Å². The number of ether oxygens (including phenoxy) is 1. The lowest BCUT2D eigenvalue weighted by molar-refractivity contribution is -0.141. The molecule has 1 unspecified atom stereocenters. The second-order valence-electron chi connectivity index (χ2n) is 6.66. The summed E-state index contributed by atoms with van der Waals surface area (Å²) in [7, 11) is 0. The van der Waals surface area contributed by atoms with Gasteiger partial charge in [0.2, 0.25) is 5.91 Å². The molecule has 2 aliphatic rings. The van der Waals surface area contributed by atoms with Crippen LogP contribution in [0, 0.1) is 5.92 Å². The van der Waals surface area contributed by atoms with Crippen molar-refractivity contribution in [2.24, 2.45) is 5.92 Å². The molecule has 1 aromatic rings. The number of halogens is 1. The molecule has 0 aliphatic carbocycles. The lowest BCUT2D eigenvalue weighted by Gasteiger charge is -2.20. The average molecular weight is 367 g/mol. The van der Waals surface area contributed by atoms with Gasteiger partial charge in [0.1, 0.15) is 12.4 Å². The maximum Gasteiger partial charge on any atom is 0.308 e. The summed E-state index contributed by atoms with van der Waals surface area (Å²) >= 11 is 6.09. The standard InChI is InChI=1S/C18H23ClN2O4/c19-15-3-4-16(25-8-7-20-5-1-2-6-20)13(9-15)11-21-12-14(18(23)24)10-17(21)22/h3-4,9,14H,1-2,5-8,10-12H2,(H,23,24). The number of amides is 1. The monoisotopic (exact) mass is 366 g/mol. The quantitative estimate of drug-likeness (QED) is 0.801. The van der Waals surface area contributed by atoms with Crippen LogP contribution in [-0.2, 0) is 16.1 Å². The predicted molar refractivity (Wildman–Crippen MR) is 93.8 cm³/mol. The highest BCUT2D eigenvalue weighted by Gasteiger charge is 2.34. The van der Waals surface area contributed by atoms with E-state index < -0.39 is 11.9 Å². The molecule has 25 heavy (non-hydrogen) atoms. The van der Waals surface area contributed by atoms with Crippen molar-refractivity contribution in [3.63, 3.8) is 0 Å². The molecule has 136 valence electrons. The molecule has 2 heterocycles. The van der Waals surface area contributed by atoms with Gasteiger partial charge in [-0.25, -0.2) is 0 Å². The van der Waals surface area contributed by atoms with Crippen LogP contribution in [0.15, 0.2) is 18.2 Å². The van der Waals surface area contributed by atoms with E-state index in [2.05, 4.69) is 4.90 Å². The minimum absolute atomic E-state index is 0.0566. The van der Waals surface area contributed by atoms with Gasteiger partial charge >= 0.3 is 5.97 Å². The van der Waals surface area contributed by atoms with Gasteiger partial charge in [0.25, 0.3) is 0 Å². The molecule has 1 aromatic carbocycles. The van der Waals surface area contributed by atoms with E-state index in [9.17, 15) is 9.59 Å². The minimum atomic E-state index is -0.927. The highest BCUT2D eigenvalue weighted by molar-refractivity contribution is 6.30. The summed E-state index contributed by atoms with van der Waals surface area (Å²) in [5, 5.41) is 9.68. The number of carbonyl (C=O) groups excluding carboxylic acids is 1. The van der Waals surface area contributed by atoms with Crippen LogP contribution in [0.1, 0.15) is 24.8 Å². The lowest BCUT2D eigenvalue weighted by Crippen LogP contribution is -2.27. The number of hydrogen-bond donors (Lipinski definition) is 1. The van der Waals surface area contributed by atoms with Crippen molar-refractivity contribution in [1.82, 2.24) is 9.80 Å². The van der Waals surface area contributed by atoms with Gasteiger partial charge in [0, 0.05) is 36.6 Å². The number of aliphatic carboxylic acids is 1. The molecule has 0 saturated carbocycles. The van der Waals surface area contributed by atoms with Gasteiger partial charge in [-0.05, 0) is 44.1 Å². The smallest absolute Gasteiger partial charge is 0.308 e. The molecule has 2 aliphatic heterocycles. The van der Waals surface area contributed by atoms with Gasteiger partial charge in [0.05, 0.1) is 5.92 Å². The molecule has 2 saturated heterocycles. The summed E-state index contributed by atoms with van der Waals surface area (Å²) in [4.78, 5) is 27.1. The van der Waals surface area contributed by atoms with E-state index in [-0.39, 0.29) is 18.9 Å². The highest BCUT2D eigenvalue weighted by atomic mass is 35.5. The Balaban J connectivity index is 1.62. The molecule has 0 radical (unpaired) electrons. The average Bonchev–Trinajstić information content (AvgIpc) is 3.20. The molecule has 1 amide bonds. The van der Waals surface area contributed by atoms with Crippen molar-refractivity contribution in [3.05, 3.63) is 28.8 Å². The van der Waals surface area contributed by atoms with Crippen LogP contribution in [0.4, 0.5) is 0 Å². The van der Waals surface area contributed by atoms with Crippen molar-refractivity contribution in [1.29, 1.82) is 0 Å². The minimum Gasteiger partial charge on any atom is -0.492 e. The zero-order valence-corrected chi connectivity index (χ0v) is 14.9. The number of nitrogens with zero attached hydrogens (tertiary/aromatic N) is 2. The van der Waals surface area contributed by atoms with E-state index in [0.717, 1.165) is 25.2 Å². The van der Waals surface area contributed by atoms with E-state index in [1.807, 2.05) is 6.07 Å². The molecule has 2 fully saturated rings. The van der Waals surface area contributed by atoms with Crippen LogP contribution >= 0.6 is 11.6 Å². The largest absolute Gasteiger partial charge is 0.492 e. The molecule has 0 spiro atoms. The Labute approximate surface area is 152 Å². The van der Waals surface area contributed by atoms with Crippen LogP contribution in [0.5, 0.6) is 5.75 Å². The fraction of sp³-hybridized carbons (Fsp3) is 0.556. The summed E-state index contributed by atoms with van der Waals surface area (Å²) in [5.74, 6) is -0.999. The number of likely N-dealkylation sites (tertiary alicyclic amines) is 2. The first kappa shape index (κ1) is 18.0. The Kier molecular flexibility index (Phi) is 5.81. The normalized spacial score (nSPS) is 21.1. The molecule has 1 N–H and O–H groups in total. The van der Waals surface area contributed by atoms with Crippen LogP contribution < -0.4 is 4.74 Å². The number of hydrogen-bond acceptors (Lipinski definition) is 4. The first-order chi connectivity index (χ1) is 12.0. The maximum atomic E-state index is 12.1. The molecular formula is C18H23ClN2O4. The first-order valence-corrected chi connectivity index (χ1v) is 9.05. The Morgan fingerprint density at radius 3 is 2.76 bits per heavy atom. The lowest BCUT2D eigenvalue weighted by atomic mass is 10.1. The fourth-order valence-electron chi connectivity index (χ4n) is 3.40. The van der Waals surface area contributed by atoms with Crippen molar-refractivity contribution < 1.29 is 19.4 Å². The predicted octanol–water partition coefficient (Wildman–Crippen LogP) is 2.25. The van der Waals surface area contributed by atoms with Gasteiger partial charge in [-0.3, -0.25) is 14.5 Å². The van der Waals surface area contributed by atoms with Gasteiger partial charge in [-0.1, -0.05) is 11.6 Å².